The predicted octanol–water partition coefficient (Wildman–Crippen LogP) is 1.50. The zero-order chi connectivity index (χ0) is 18.7. The van der Waals surface area contributed by atoms with Crippen LogP contribution in [0, 0.1) is 0 Å². The fraction of sp³-hybridized carbons (Fsp3) is 0.353. The highest BCUT2D eigenvalue weighted by molar-refractivity contribution is 5.96. The lowest BCUT2D eigenvalue weighted by molar-refractivity contribution is -0.143. The van der Waals surface area contributed by atoms with Crippen molar-refractivity contribution in [3.05, 3.63) is 29.8 Å². The highest BCUT2D eigenvalue weighted by Gasteiger charge is 2.09. The van der Waals surface area contributed by atoms with Crippen molar-refractivity contribution in [1.82, 2.24) is 10.6 Å². The standard InChI is InChI=1S/C17H22N2O6/c1-4-18-17(22)19-15(20)11-25-16(21)9-7-12-6-8-13(24-5-2)14(10-12)23-3/h6-10H,4-5,11H2,1-3H3,(H2,18,19,20,22)/b9-7+. The first-order chi connectivity index (χ1) is 12.0. The molecule has 3 amide bonds. The van der Waals surface area contributed by atoms with Gasteiger partial charge in [-0.1, -0.05) is 6.07 Å². The number of carbonyl (C=O) groups is 3. The second-order valence-electron chi connectivity index (χ2n) is 4.69. The van der Waals surface area contributed by atoms with E-state index in [2.05, 4.69) is 5.32 Å². The van der Waals surface area contributed by atoms with Crippen molar-refractivity contribution in [2.45, 2.75) is 13.8 Å². The zero-order valence-corrected chi connectivity index (χ0v) is 14.5. The highest BCUT2D eigenvalue weighted by atomic mass is 16.5. The minimum Gasteiger partial charge on any atom is -0.493 e. The van der Waals surface area contributed by atoms with E-state index in [4.69, 9.17) is 14.2 Å². The minimum absolute atomic E-state index is 0.382. The molecule has 0 fully saturated rings. The van der Waals surface area contributed by atoms with Crippen molar-refractivity contribution >= 4 is 24.0 Å². The van der Waals surface area contributed by atoms with Gasteiger partial charge in [0.1, 0.15) is 0 Å². The monoisotopic (exact) mass is 350 g/mol. The predicted molar refractivity (Wildman–Crippen MR) is 91.4 cm³/mol. The molecule has 0 aliphatic carbocycles. The van der Waals surface area contributed by atoms with Crippen LogP contribution in [0.5, 0.6) is 11.5 Å². The van der Waals surface area contributed by atoms with Gasteiger partial charge in [-0.25, -0.2) is 9.59 Å². The van der Waals surface area contributed by atoms with Crippen LogP contribution in [0.3, 0.4) is 0 Å². The summed E-state index contributed by atoms with van der Waals surface area (Å²) in [4.78, 5) is 34.1. The summed E-state index contributed by atoms with van der Waals surface area (Å²) in [6.45, 7) is 3.92. The first kappa shape index (κ1) is 20.0. The summed E-state index contributed by atoms with van der Waals surface area (Å²) in [5, 5.41) is 4.41. The maximum absolute atomic E-state index is 11.6. The summed E-state index contributed by atoms with van der Waals surface area (Å²) in [5.74, 6) is -0.278. The minimum atomic E-state index is -0.713. The number of hydrogen-bond acceptors (Lipinski definition) is 6. The lowest BCUT2D eigenvalue weighted by Gasteiger charge is -2.09. The summed E-state index contributed by atoms with van der Waals surface area (Å²) < 4.78 is 15.4. The second kappa shape index (κ2) is 10.7. The molecule has 25 heavy (non-hydrogen) atoms. The third-order valence-electron chi connectivity index (χ3n) is 2.84. The van der Waals surface area contributed by atoms with E-state index in [0.29, 0.717) is 30.2 Å². The Morgan fingerprint density at radius 1 is 1.16 bits per heavy atom. The molecule has 136 valence electrons. The number of benzene rings is 1. The van der Waals surface area contributed by atoms with Crippen molar-refractivity contribution in [1.29, 1.82) is 0 Å². The number of urea groups is 1. The molecule has 1 aromatic rings. The van der Waals surface area contributed by atoms with E-state index in [1.807, 2.05) is 12.2 Å². The van der Waals surface area contributed by atoms with Gasteiger partial charge in [-0.3, -0.25) is 10.1 Å². The molecule has 8 nitrogen and oxygen atoms in total. The number of amides is 3. The number of esters is 1. The molecule has 1 rings (SSSR count). The van der Waals surface area contributed by atoms with Crippen LogP contribution >= 0.6 is 0 Å². The Morgan fingerprint density at radius 3 is 2.56 bits per heavy atom. The molecule has 0 saturated carbocycles. The molecule has 0 heterocycles. The van der Waals surface area contributed by atoms with Crippen LogP contribution in [-0.4, -0.2) is 44.8 Å². The maximum Gasteiger partial charge on any atom is 0.331 e. The van der Waals surface area contributed by atoms with Gasteiger partial charge >= 0.3 is 12.0 Å². The molecule has 0 unspecified atom stereocenters. The van der Waals surface area contributed by atoms with Gasteiger partial charge in [0.2, 0.25) is 0 Å². The number of ether oxygens (including phenoxy) is 3. The molecule has 0 saturated heterocycles. The Bertz CT molecular complexity index is 642. The number of carbonyl (C=O) groups excluding carboxylic acids is 3. The van der Waals surface area contributed by atoms with E-state index in [-0.39, 0.29) is 0 Å². The molecule has 2 N–H and O–H groups in total. The van der Waals surface area contributed by atoms with E-state index in [1.54, 1.807) is 25.1 Å². The van der Waals surface area contributed by atoms with Gasteiger partial charge in [-0.15, -0.1) is 0 Å². The van der Waals surface area contributed by atoms with Crippen LogP contribution in [0.15, 0.2) is 24.3 Å². The normalized spacial score (nSPS) is 10.2. The Morgan fingerprint density at radius 2 is 1.92 bits per heavy atom. The first-order valence-electron chi connectivity index (χ1n) is 7.73. The van der Waals surface area contributed by atoms with Crippen LogP contribution in [-0.2, 0) is 14.3 Å². The fourth-order valence-corrected chi connectivity index (χ4v) is 1.78. The average Bonchev–Trinajstić information content (AvgIpc) is 2.59. The SMILES string of the molecule is CCNC(=O)NC(=O)COC(=O)/C=C/c1ccc(OCC)c(OC)c1. The van der Waals surface area contributed by atoms with Crippen molar-refractivity contribution in [2.75, 3.05) is 26.9 Å². The van der Waals surface area contributed by atoms with E-state index in [9.17, 15) is 14.4 Å². The van der Waals surface area contributed by atoms with Crippen LogP contribution < -0.4 is 20.1 Å². The number of nitrogens with one attached hydrogen (secondary N) is 2. The molecule has 1 aromatic carbocycles. The van der Waals surface area contributed by atoms with Gasteiger partial charge in [0.05, 0.1) is 13.7 Å². The lowest BCUT2D eigenvalue weighted by atomic mass is 10.2. The molecule has 0 atom stereocenters. The van der Waals surface area contributed by atoms with E-state index >= 15 is 0 Å². The summed E-state index contributed by atoms with van der Waals surface area (Å²) in [5.41, 5.74) is 0.698. The maximum atomic E-state index is 11.6. The largest absolute Gasteiger partial charge is 0.493 e. The summed E-state index contributed by atoms with van der Waals surface area (Å²) in [7, 11) is 1.52. The quantitative estimate of drug-likeness (QED) is 0.544. The molecule has 0 aliphatic heterocycles. The molecule has 0 bridgehead atoms. The molecule has 0 aromatic heterocycles. The van der Waals surface area contributed by atoms with Crippen molar-refractivity contribution in [3.63, 3.8) is 0 Å². The molecule has 8 heteroatoms. The van der Waals surface area contributed by atoms with Crippen LogP contribution in [0.1, 0.15) is 19.4 Å². The third kappa shape index (κ3) is 7.38. The van der Waals surface area contributed by atoms with Gasteiger partial charge in [-0.2, -0.15) is 0 Å². The number of rotatable bonds is 8. The van der Waals surface area contributed by atoms with E-state index < -0.39 is 24.5 Å². The number of imide groups is 1. The highest BCUT2D eigenvalue weighted by Crippen LogP contribution is 2.28. The van der Waals surface area contributed by atoms with E-state index in [0.717, 1.165) is 0 Å². The van der Waals surface area contributed by atoms with Crippen LogP contribution in [0.25, 0.3) is 6.08 Å². The lowest BCUT2D eigenvalue weighted by Crippen LogP contribution is -2.41. The van der Waals surface area contributed by atoms with Gasteiger partial charge < -0.3 is 19.5 Å². The molecular formula is C17H22N2O6. The average molecular weight is 350 g/mol. The Labute approximate surface area is 146 Å². The van der Waals surface area contributed by atoms with Crippen molar-refractivity contribution < 1.29 is 28.6 Å². The van der Waals surface area contributed by atoms with Crippen molar-refractivity contribution in [2.24, 2.45) is 0 Å². The molecule has 0 radical (unpaired) electrons. The van der Waals surface area contributed by atoms with Gasteiger partial charge in [-0.05, 0) is 37.6 Å². The Balaban J connectivity index is 2.53. The number of methoxy groups -OCH3 is 1. The second-order valence-corrected chi connectivity index (χ2v) is 4.69. The van der Waals surface area contributed by atoms with Gasteiger partial charge in [0.15, 0.2) is 18.1 Å². The third-order valence-corrected chi connectivity index (χ3v) is 2.84. The summed E-state index contributed by atoms with van der Waals surface area (Å²) in [6.07, 6.45) is 2.69. The fourth-order valence-electron chi connectivity index (χ4n) is 1.78. The van der Waals surface area contributed by atoms with Crippen LogP contribution in [0.4, 0.5) is 4.79 Å². The Hall–Kier alpha value is -3.03. The van der Waals surface area contributed by atoms with Gasteiger partial charge in [0, 0.05) is 12.6 Å². The molecule has 0 aliphatic rings. The zero-order valence-electron chi connectivity index (χ0n) is 14.5. The molecular weight excluding hydrogens is 328 g/mol. The molecule has 0 spiro atoms. The Kier molecular flexibility index (Phi) is 8.56. The van der Waals surface area contributed by atoms with E-state index in [1.165, 1.54) is 19.3 Å². The van der Waals surface area contributed by atoms with Crippen molar-refractivity contribution in [3.8, 4) is 11.5 Å². The number of hydrogen-bond donors (Lipinski definition) is 2. The van der Waals surface area contributed by atoms with Crippen LogP contribution in [0.2, 0.25) is 0 Å². The summed E-state index contributed by atoms with van der Waals surface area (Å²) in [6, 6.07) is 4.54. The smallest absolute Gasteiger partial charge is 0.331 e. The first-order valence-corrected chi connectivity index (χ1v) is 7.73. The van der Waals surface area contributed by atoms with Gasteiger partial charge in [0.25, 0.3) is 5.91 Å². The topological polar surface area (TPSA) is 103 Å². The summed E-state index contributed by atoms with van der Waals surface area (Å²) >= 11 is 0.